The maximum Gasteiger partial charge on any atom is 0.305 e. The van der Waals surface area contributed by atoms with Gasteiger partial charge in [-0.3, -0.25) is 4.79 Å². The Balaban J connectivity index is 3.25. The lowest BCUT2D eigenvalue weighted by Crippen LogP contribution is -2.07. The third-order valence-electron chi connectivity index (χ3n) is 3.84. The van der Waals surface area contributed by atoms with Crippen LogP contribution in [0.25, 0.3) is 0 Å². The number of esters is 1. The van der Waals surface area contributed by atoms with Crippen LogP contribution in [0.3, 0.4) is 0 Å². The van der Waals surface area contributed by atoms with Gasteiger partial charge in [-0.05, 0) is 32.6 Å². The van der Waals surface area contributed by atoms with E-state index in [1.807, 2.05) is 0 Å². The van der Waals surface area contributed by atoms with E-state index >= 15 is 0 Å². The first-order valence-electron chi connectivity index (χ1n) is 9.04. The fraction of sp³-hybridized carbons (Fsp3) is 0.842. The Hall–Kier alpha value is -0.830. The van der Waals surface area contributed by atoms with Crippen LogP contribution in [0.1, 0.15) is 84.5 Å². The number of unbranched alkanes of at least 4 members (excludes halogenated alkanes) is 7. The summed E-state index contributed by atoms with van der Waals surface area (Å²) < 4.78 is 10.4. The minimum Gasteiger partial charge on any atom is -0.469 e. The third kappa shape index (κ3) is 15.6. The van der Waals surface area contributed by atoms with Crippen LogP contribution in [0.2, 0.25) is 0 Å². The highest BCUT2D eigenvalue weighted by atomic mass is 16.5. The van der Waals surface area contributed by atoms with Crippen molar-refractivity contribution in [3.8, 4) is 0 Å². The maximum atomic E-state index is 10.9. The second-order valence-corrected chi connectivity index (χ2v) is 5.99. The third-order valence-corrected chi connectivity index (χ3v) is 3.84. The average molecular weight is 312 g/mol. The summed E-state index contributed by atoms with van der Waals surface area (Å²) in [6.07, 6.45) is 17.2. The zero-order valence-corrected chi connectivity index (χ0v) is 14.9. The number of ether oxygens (including phenoxy) is 2. The topological polar surface area (TPSA) is 35.5 Å². The number of allylic oxidation sites excluding steroid dienone is 1. The summed E-state index contributed by atoms with van der Waals surface area (Å²) in [4.78, 5) is 10.9. The minimum absolute atomic E-state index is 0.0909. The zero-order chi connectivity index (χ0) is 16.5. The monoisotopic (exact) mass is 312 g/mol. The highest BCUT2D eigenvalue weighted by Crippen LogP contribution is 2.09. The molecule has 0 aromatic carbocycles. The van der Waals surface area contributed by atoms with Crippen LogP contribution < -0.4 is 0 Å². The number of hydrogen-bond donors (Lipinski definition) is 0. The quantitative estimate of drug-likeness (QED) is 0.230. The molecular formula is C19H36O3. The van der Waals surface area contributed by atoms with Gasteiger partial charge in [0.1, 0.15) is 0 Å². The second kappa shape index (κ2) is 16.5. The molecule has 0 heterocycles. The van der Waals surface area contributed by atoms with Crippen molar-refractivity contribution < 1.29 is 14.3 Å². The minimum atomic E-state index is -0.0909. The van der Waals surface area contributed by atoms with Crippen LogP contribution in [0.15, 0.2) is 12.2 Å². The Morgan fingerprint density at radius 2 is 1.73 bits per heavy atom. The lowest BCUT2D eigenvalue weighted by atomic mass is 10.1. The van der Waals surface area contributed by atoms with Crippen LogP contribution >= 0.6 is 0 Å². The van der Waals surface area contributed by atoms with Gasteiger partial charge >= 0.3 is 5.97 Å². The van der Waals surface area contributed by atoms with Gasteiger partial charge in [-0.2, -0.15) is 0 Å². The number of hydrogen-bond acceptors (Lipinski definition) is 3. The van der Waals surface area contributed by atoms with Gasteiger partial charge in [0, 0.05) is 6.42 Å². The standard InChI is InChI=1S/C19H36O3/c1-4-5-12-15-18(2)22-17-14-11-9-7-6-8-10-13-16-19(20)21-3/h11,14,18H,4-10,12-13,15-17H2,1-3H3/b14-11-. The van der Waals surface area contributed by atoms with Crippen molar-refractivity contribution in [2.45, 2.75) is 90.6 Å². The molecule has 0 radical (unpaired) electrons. The molecule has 0 amide bonds. The Morgan fingerprint density at radius 3 is 2.45 bits per heavy atom. The summed E-state index contributed by atoms with van der Waals surface area (Å²) in [6, 6.07) is 0. The van der Waals surface area contributed by atoms with Crippen molar-refractivity contribution in [3.63, 3.8) is 0 Å². The number of carbonyl (C=O) groups is 1. The molecule has 0 aliphatic carbocycles. The molecule has 1 unspecified atom stereocenters. The molecule has 3 heteroatoms. The van der Waals surface area contributed by atoms with Gasteiger partial charge in [-0.25, -0.2) is 0 Å². The van der Waals surface area contributed by atoms with E-state index in [1.54, 1.807) is 0 Å². The average Bonchev–Trinajstić information content (AvgIpc) is 2.52. The van der Waals surface area contributed by atoms with Gasteiger partial charge in [0.15, 0.2) is 0 Å². The van der Waals surface area contributed by atoms with E-state index in [-0.39, 0.29) is 5.97 Å². The fourth-order valence-electron chi connectivity index (χ4n) is 2.33. The van der Waals surface area contributed by atoms with Crippen molar-refractivity contribution in [1.82, 2.24) is 0 Å². The lowest BCUT2D eigenvalue weighted by Gasteiger charge is -2.10. The van der Waals surface area contributed by atoms with Crippen molar-refractivity contribution >= 4 is 5.97 Å². The van der Waals surface area contributed by atoms with Gasteiger partial charge in [-0.15, -0.1) is 0 Å². The molecule has 0 bridgehead atoms. The van der Waals surface area contributed by atoms with Crippen LogP contribution in [0.4, 0.5) is 0 Å². The highest BCUT2D eigenvalue weighted by Gasteiger charge is 2.00. The Bertz CT molecular complexity index is 274. The summed E-state index contributed by atoms with van der Waals surface area (Å²) >= 11 is 0. The summed E-state index contributed by atoms with van der Waals surface area (Å²) in [6.45, 7) is 5.14. The molecule has 0 fully saturated rings. The number of carbonyl (C=O) groups excluding carboxylic acids is 1. The lowest BCUT2D eigenvalue weighted by molar-refractivity contribution is -0.140. The molecule has 0 N–H and O–H groups in total. The summed E-state index contributed by atoms with van der Waals surface area (Å²) in [5.41, 5.74) is 0. The first-order valence-corrected chi connectivity index (χ1v) is 9.04. The van der Waals surface area contributed by atoms with E-state index in [4.69, 9.17) is 4.74 Å². The van der Waals surface area contributed by atoms with Gasteiger partial charge < -0.3 is 9.47 Å². The van der Waals surface area contributed by atoms with Crippen LogP contribution in [0, 0.1) is 0 Å². The summed E-state index contributed by atoms with van der Waals surface area (Å²) in [5.74, 6) is -0.0909. The number of methoxy groups -OCH3 is 1. The largest absolute Gasteiger partial charge is 0.469 e. The Morgan fingerprint density at radius 1 is 1.00 bits per heavy atom. The fourth-order valence-corrected chi connectivity index (χ4v) is 2.33. The van der Waals surface area contributed by atoms with E-state index in [0.717, 1.165) is 25.9 Å². The van der Waals surface area contributed by atoms with Crippen LogP contribution in [0.5, 0.6) is 0 Å². The molecule has 0 aromatic heterocycles. The van der Waals surface area contributed by atoms with Gasteiger partial charge in [-0.1, -0.05) is 57.6 Å². The van der Waals surface area contributed by atoms with Gasteiger partial charge in [0.2, 0.25) is 0 Å². The molecule has 3 nitrogen and oxygen atoms in total. The molecule has 0 aliphatic rings. The molecule has 130 valence electrons. The molecule has 0 aromatic rings. The molecule has 0 spiro atoms. The Kier molecular flexibility index (Phi) is 15.9. The number of rotatable bonds is 15. The highest BCUT2D eigenvalue weighted by molar-refractivity contribution is 5.68. The second-order valence-electron chi connectivity index (χ2n) is 5.99. The molecular weight excluding hydrogens is 276 g/mol. The maximum absolute atomic E-state index is 10.9. The van der Waals surface area contributed by atoms with Crippen molar-refractivity contribution in [1.29, 1.82) is 0 Å². The van der Waals surface area contributed by atoms with E-state index in [9.17, 15) is 4.79 Å². The molecule has 0 aliphatic heterocycles. The summed E-state index contributed by atoms with van der Waals surface area (Å²) in [5, 5.41) is 0. The SMILES string of the molecule is CCCCCC(C)OC/C=C\CCCCCCCC(=O)OC. The van der Waals surface area contributed by atoms with E-state index < -0.39 is 0 Å². The van der Waals surface area contributed by atoms with Crippen LogP contribution in [-0.2, 0) is 14.3 Å². The first kappa shape index (κ1) is 21.2. The van der Waals surface area contributed by atoms with Crippen molar-refractivity contribution in [2.75, 3.05) is 13.7 Å². The van der Waals surface area contributed by atoms with Crippen molar-refractivity contribution in [3.05, 3.63) is 12.2 Å². The van der Waals surface area contributed by atoms with E-state index in [0.29, 0.717) is 12.5 Å². The first-order chi connectivity index (χ1) is 10.7. The smallest absolute Gasteiger partial charge is 0.305 e. The predicted octanol–water partition coefficient (Wildman–Crippen LogP) is 5.43. The molecule has 1 atom stereocenters. The van der Waals surface area contributed by atoms with Gasteiger partial charge in [0.25, 0.3) is 0 Å². The molecule has 22 heavy (non-hydrogen) atoms. The molecule has 0 rings (SSSR count). The predicted molar refractivity (Wildman–Crippen MR) is 93.0 cm³/mol. The van der Waals surface area contributed by atoms with Gasteiger partial charge in [0.05, 0.1) is 19.8 Å². The van der Waals surface area contributed by atoms with E-state index in [2.05, 4.69) is 30.7 Å². The molecule has 0 saturated carbocycles. The van der Waals surface area contributed by atoms with Crippen LogP contribution in [-0.4, -0.2) is 25.8 Å². The summed E-state index contributed by atoms with van der Waals surface area (Å²) in [7, 11) is 1.45. The molecule has 0 saturated heterocycles. The van der Waals surface area contributed by atoms with Crippen molar-refractivity contribution in [2.24, 2.45) is 0 Å². The zero-order valence-electron chi connectivity index (χ0n) is 14.9. The normalized spacial score (nSPS) is 12.7. The Labute approximate surface area is 137 Å². The van der Waals surface area contributed by atoms with E-state index in [1.165, 1.54) is 52.1 Å².